The second-order valence-electron chi connectivity index (χ2n) is 5.17. The molecule has 0 spiro atoms. The molecule has 1 unspecified atom stereocenters. The number of rotatable bonds is 5. The maximum atomic E-state index is 12.1. The van der Waals surface area contributed by atoms with Crippen molar-refractivity contribution in [2.45, 2.75) is 52.0 Å². The van der Waals surface area contributed by atoms with Crippen LogP contribution in [0.1, 0.15) is 55.7 Å². The minimum absolute atomic E-state index is 0.162. The van der Waals surface area contributed by atoms with E-state index in [-0.39, 0.29) is 11.9 Å². The fourth-order valence-electron chi connectivity index (χ4n) is 2.33. The summed E-state index contributed by atoms with van der Waals surface area (Å²) in [6.45, 7) is 4.12. The Morgan fingerprint density at radius 2 is 2.33 bits per heavy atom. The van der Waals surface area contributed by atoms with Crippen LogP contribution in [0.2, 0.25) is 0 Å². The van der Waals surface area contributed by atoms with Gasteiger partial charge in [-0.3, -0.25) is 9.89 Å². The summed E-state index contributed by atoms with van der Waals surface area (Å²) in [7, 11) is 0. The van der Waals surface area contributed by atoms with Crippen molar-refractivity contribution in [3.8, 4) is 0 Å². The van der Waals surface area contributed by atoms with E-state index in [0.29, 0.717) is 17.3 Å². The molecule has 1 aromatic rings. The topological polar surface area (TPSA) is 83.8 Å². The molecule has 0 radical (unpaired) electrons. The quantitative estimate of drug-likeness (QED) is 0.745. The van der Waals surface area contributed by atoms with Crippen LogP contribution in [-0.4, -0.2) is 22.1 Å². The van der Waals surface area contributed by atoms with Gasteiger partial charge >= 0.3 is 0 Å². The first kappa shape index (κ1) is 12.9. The number of nitrogens with one attached hydrogen (secondary N) is 2. The predicted octanol–water partition coefficient (Wildman–Crippen LogP) is 1.86. The second kappa shape index (κ2) is 5.42. The van der Waals surface area contributed by atoms with Gasteiger partial charge < -0.3 is 11.1 Å². The first-order valence-corrected chi connectivity index (χ1v) is 6.77. The molecule has 2 rings (SSSR count). The molecule has 1 aliphatic carbocycles. The Balaban J connectivity index is 1.99. The van der Waals surface area contributed by atoms with Gasteiger partial charge in [-0.2, -0.15) is 5.10 Å². The average molecular weight is 250 g/mol. The number of aromatic nitrogens is 2. The molecule has 100 valence electrons. The van der Waals surface area contributed by atoms with Gasteiger partial charge in [0.25, 0.3) is 5.91 Å². The fourth-order valence-corrected chi connectivity index (χ4v) is 2.33. The Morgan fingerprint density at radius 3 is 2.89 bits per heavy atom. The van der Waals surface area contributed by atoms with E-state index >= 15 is 0 Å². The summed E-state index contributed by atoms with van der Waals surface area (Å²) in [5, 5.41) is 9.87. The number of carbonyl (C=O) groups excluding carboxylic acids is 1. The zero-order valence-electron chi connectivity index (χ0n) is 11.1. The highest BCUT2D eigenvalue weighted by Gasteiger charge is 2.26. The number of hydrogen-bond acceptors (Lipinski definition) is 3. The number of aryl methyl sites for hydroxylation is 1. The fraction of sp³-hybridized carbons (Fsp3) is 0.692. The van der Waals surface area contributed by atoms with E-state index in [1.807, 2.05) is 0 Å². The number of H-pyrrole nitrogens is 1. The van der Waals surface area contributed by atoms with Gasteiger partial charge in [0.1, 0.15) is 0 Å². The van der Waals surface area contributed by atoms with Gasteiger partial charge in [-0.25, -0.2) is 0 Å². The Bertz CT molecular complexity index is 423. The van der Waals surface area contributed by atoms with Crippen molar-refractivity contribution in [1.29, 1.82) is 0 Å². The van der Waals surface area contributed by atoms with Gasteiger partial charge in [0.05, 0.1) is 11.4 Å². The highest BCUT2D eigenvalue weighted by Crippen LogP contribution is 2.29. The average Bonchev–Trinajstić information content (AvgIpc) is 2.58. The summed E-state index contributed by atoms with van der Waals surface area (Å²) >= 11 is 0. The first-order valence-electron chi connectivity index (χ1n) is 6.77. The summed E-state index contributed by atoms with van der Waals surface area (Å²) in [4.78, 5) is 12.1. The Labute approximate surface area is 108 Å². The van der Waals surface area contributed by atoms with Crippen molar-refractivity contribution in [2.24, 2.45) is 5.92 Å². The molecule has 5 nitrogen and oxygen atoms in total. The molecule has 0 bridgehead atoms. The van der Waals surface area contributed by atoms with Gasteiger partial charge in [-0.1, -0.05) is 19.8 Å². The summed E-state index contributed by atoms with van der Waals surface area (Å²) in [6, 6.07) is 0.206. The summed E-state index contributed by atoms with van der Waals surface area (Å²) in [6.07, 6.45) is 5.49. The third-order valence-corrected chi connectivity index (χ3v) is 3.81. The highest BCUT2D eigenvalue weighted by molar-refractivity contribution is 5.97. The number of amides is 1. The van der Waals surface area contributed by atoms with Crippen LogP contribution in [0.5, 0.6) is 0 Å². The third-order valence-electron chi connectivity index (χ3n) is 3.81. The lowest BCUT2D eigenvalue weighted by molar-refractivity contribution is 0.0905. The molecule has 1 fully saturated rings. The standard InChI is InChI=1S/C13H22N4O/c1-3-5-10-11(14)12(17-16-10)13(18)15-8(2)9-6-4-7-9/h8-9H,3-7,14H2,1-2H3,(H,15,18)(H,16,17). The highest BCUT2D eigenvalue weighted by atomic mass is 16.2. The number of carbonyl (C=O) groups is 1. The van der Waals surface area contributed by atoms with Crippen LogP contribution >= 0.6 is 0 Å². The largest absolute Gasteiger partial charge is 0.395 e. The lowest BCUT2D eigenvalue weighted by Crippen LogP contribution is -2.41. The normalized spacial score (nSPS) is 17.2. The van der Waals surface area contributed by atoms with Crippen molar-refractivity contribution in [3.63, 3.8) is 0 Å². The molecule has 1 aromatic heterocycles. The Hall–Kier alpha value is -1.52. The van der Waals surface area contributed by atoms with Crippen molar-refractivity contribution in [1.82, 2.24) is 15.5 Å². The van der Waals surface area contributed by atoms with Gasteiger partial charge in [-0.05, 0) is 32.1 Å². The lowest BCUT2D eigenvalue weighted by Gasteiger charge is -2.31. The zero-order valence-corrected chi connectivity index (χ0v) is 11.1. The number of nitrogens with zero attached hydrogens (tertiary/aromatic N) is 1. The molecule has 1 saturated carbocycles. The Morgan fingerprint density at radius 1 is 1.61 bits per heavy atom. The molecule has 5 heteroatoms. The molecule has 0 saturated heterocycles. The van der Waals surface area contributed by atoms with Crippen molar-refractivity contribution in [2.75, 3.05) is 5.73 Å². The summed E-state index contributed by atoms with van der Waals surface area (Å²) < 4.78 is 0. The van der Waals surface area contributed by atoms with Crippen LogP contribution in [0.25, 0.3) is 0 Å². The summed E-state index contributed by atoms with van der Waals surface area (Å²) in [5.41, 5.74) is 7.63. The number of aromatic amines is 1. The maximum absolute atomic E-state index is 12.1. The predicted molar refractivity (Wildman–Crippen MR) is 71.3 cm³/mol. The third kappa shape index (κ3) is 2.49. The van der Waals surface area contributed by atoms with Crippen LogP contribution in [0, 0.1) is 5.92 Å². The molecule has 1 aliphatic rings. The van der Waals surface area contributed by atoms with Crippen LogP contribution in [-0.2, 0) is 6.42 Å². The van der Waals surface area contributed by atoms with Gasteiger partial charge in [0.15, 0.2) is 5.69 Å². The maximum Gasteiger partial charge on any atom is 0.274 e. The Kier molecular flexibility index (Phi) is 3.89. The first-order chi connectivity index (χ1) is 8.63. The van der Waals surface area contributed by atoms with E-state index in [0.717, 1.165) is 18.5 Å². The molecule has 4 N–H and O–H groups in total. The minimum Gasteiger partial charge on any atom is -0.395 e. The molecule has 1 amide bonds. The van der Waals surface area contributed by atoms with Crippen molar-refractivity contribution >= 4 is 11.6 Å². The number of nitrogens with two attached hydrogens (primary N) is 1. The molecule has 1 heterocycles. The van der Waals surface area contributed by atoms with Gasteiger partial charge in [0, 0.05) is 6.04 Å². The molecular formula is C13H22N4O. The van der Waals surface area contributed by atoms with Crippen LogP contribution in [0.4, 0.5) is 5.69 Å². The number of nitrogen functional groups attached to an aromatic ring is 1. The van der Waals surface area contributed by atoms with Crippen molar-refractivity contribution < 1.29 is 4.79 Å². The van der Waals surface area contributed by atoms with Gasteiger partial charge in [-0.15, -0.1) is 0 Å². The molecule has 1 atom stereocenters. The summed E-state index contributed by atoms with van der Waals surface area (Å²) in [5.74, 6) is 0.453. The lowest BCUT2D eigenvalue weighted by atomic mass is 9.80. The zero-order chi connectivity index (χ0) is 13.1. The van der Waals surface area contributed by atoms with Crippen molar-refractivity contribution in [3.05, 3.63) is 11.4 Å². The molecule has 0 aromatic carbocycles. The molecule has 0 aliphatic heterocycles. The number of hydrogen-bond donors (Lipinski definition) is 3. The van der Waals surface area contributed by atoms with Crippen LogP contribution in [0.3, 0.4) is 0 Å². The van der Waals surface area contributed by atoms with Crippen LogP contribution < -0.4 is 11.1 Å². The van der Waals surface area contributed by atoms with E-state index in [9.17, 15) is 4.79 Å². The second-order valence-corrected chi connectivity index (χ2v) is 5.17. The number of anilines is 1. The van der Waals surface area contributed by atoms with E-state index in [2.05, 4.69) is 29.4 Å². The minimum atomic E-state index is -0.162. The molecular weight excluding hydrogens is 228 g/mol. The monoisotopic (exact) mass is 250 g/mol. The van der Waals surface area contributed by atoms with E-state index in [4.69, 9.17) is 5.73 Å². The van der Waals surface area contributed by atoms with Gasteiger partial charge in [0.2, 0.25) is 0 Å². The van der Waals surface area contributed by atoms with E-state index in [1.165, 1.54) is 19.3 Å². The smallest absolute Gasteiger partial charge is 0.274 e. The van der Waals surface area contributed by atoms with Crippen LogP contribution in [0.15, 0.2) is 0 Å². The van der Waals surface area contributed by atoms with E-state index in [1.54, 1.807) is 0 Å². The van der Waals surface area contributed by atoms with E-state index < -0.39 is 0 Å². The SMILES string of the molecule is CCCc1[nH]nc(C(=O)NC(C)C2CCC2)c1N. The molecule has 18 heavy (non-hydrogen) atoms.